The van der Waals surface area contributed by atoms with Gasteiger partial charge in [-0.2, -0.15) is 5.10 Å². The number of thiophene rings is 1. The van der Waals surface area contributed by atoms with Crippen molar-refractivity contribution in [1.29, 1.82) is 0 Å². The molecule has 1 saturated carbocycles. The van der Waals surface area contributed by atoms with Crippen LogP contribution in [-0.4, -0.2) is 17.1 Å². The molecule has 0 aromatic carbocycles. The van der Waals surface area contributed by atoms with E-state index in [1.807, 2.05) is 19.9 Å². The molecule has 0 spiro atoms. The van der Waals surface area contributed by atoms with Crippen molar-refractivity contribution in [1.82, 2.24) is 10.4 Å². The number of rotatable bonds is 3. The maximum atomic E-state index is 12.6. The van der Waals surface area contributed by atoms with Gasteiger partial charge in [-0.15, -0.1) is 11.3 Å². The number of allylic oxidation sites excluding steroid dienone is 2. The van der Waals surface area contributed by atoms with Crippen LogP contribution in [0.5, 0.6) is 0 Å². The third kappa shape index (κ3) is 2.55. The van der Waals surface area contributed by atoms with Gasteiger partial charge < -0.3 is 5.73 Å². The number of aromatic nitrogens is 1. The number of carbonyl (C=O) groups excluding carboxylic acids is 1. The number of pyridine rings is 1. The predicted molar refractivity (Wildman–Crippen MR) is 108 cm³/mol. The minimum atomic E-state index is -0.277. The highest BCUT2D eigenvalue weighted by Crippen LogP contribution is 2.58. The van der Waals surface area contributed by atoms with Crippen molar-refractivity contribution in [3.8, 4) is 0 Å². The number of amides is 1. The number of hydrogen-bond donors (Lipinski definition) is 2. The Kier molecular flexibility index (Phi) is 3.91. The first-order valence-electron chi connectivity index (χ1n) is 8.98. The number of nitrogens with zero attached hydrogens (tertiary/aromatic N) is 2. The topological polar surface area (TPSA) is 80.4 Å². The quantitative estimate of drug-likeness (QED) is 0.629. The number of hydrogen-bond acceptors (Lipinski definition) is 5. The highest BCUT2D eigenvalue weighted by atomic mass is 32.1. The molecule has 1 fully saturated rings. The summed E-state index contributed by atoms with van der Waals surface area (Å²) in [4.78, 5) is 18.3. The Balaban J connectivity index is 1.53. The molecular formula is C20H24N4OS. The van der Waals surface area contributed by atoms with E-state index in [1.54, 1.807) is 6.21 Å². The van der Waals surface area contributed by atoms with Gasteiger partial charge in [-0.1, -0.05) is 19.9 Å². The van der Waals surface area contributed by atoms with Gasteiger partial charge in [0, 0.05) is 11.1 Å². The fourth-order valence-electron chi connectivity index (χ4n) is 4.40. The zero-order valence-electron chi connectivity index (χ0n) is 15.6. The standard InChI is InChI=1S/C20H24N4OS/c1-10-7-11(2)23-19-15(10)16(21)17(26-19)18(25)24-22-9-12-5-6-13-8-14(12)20(13,3)4/h5,7,9,13-14H,6,8,21H2,1-4H3,(H,24,25)/t13-,14+/m0/s1. The maximum absolute atomic E-state index is 12.6. The first-order valence-corrected chi connectivity index (χ1v) is 9.80. The molecule has 5 nitrogen and oxygen atoms in total. The lowest BCUT2D eigenvalue weighted by Crippen LogP contribution is -2.48. The third-order valence-corrected chi connectivity index (χ3v) is 7.22. The number of nitrogens with one attached hydrogen (secondary N) is 1. The Morgan fingerprint density at radius 1 is 1.46 bits per heavy atom. The molecule has 26 heavy (non-hydrogen) atoms. The van der Waals surface area contributed by atoms with Gasteiger partial charge in [0.15, 0.2) is 0 Å². The summed E-state index contributed by atoms with van der Waals surface area (Å²) in [5, 5.41) is 5.07. The summed E-state index contributed by atoms with van der Waals surface area (Å²) >= 11 is 1.32. The smallest absolute Gasteiger partial charge is 0.283 e. The van der Waals surface area contributed by atoms with Crippen LogP contribution in [0, 0.1) is 31.1 Å². The molecule has 2 atom stereocenters. The molecule has 3 aliphatic rings. The molecule has 2 aromatic rings. The van der Waals surface area contributed by atoms with Gasteiger partial charge in [0.25, 0.3) is 5.91 Å². The second-order valence-electron chi connectivity index (χ2n) is 8.05. The highest BCUT2D eigenvalue weighted by molar-refractivity contribution is 7.21. The van der Waals surface area contributed by atoms with E-state index in [2.05, 4.69) is 35.4 Å². The Morgan fingerprint density at radius 3 is 2.92 bits per heavy atom. The van der Waals surface area contributed by atoms with Crippen LogP contribution in [0.1, 0.15) is 47.6 Å². The summed E-state index contributed by atoms with van der Waals surface area (Å²) in [5.74, 6) is 1.06. The van der Waals surface area contributed by atoms with Gasteiger partial charge in [0.2, 0.25) is 0 Å². The van der Waals surface area contributed by atoms with Crippen molar-refractivity contribution in [2.75, 3.05) is 5.73 Å². The largest absolute Gasteiger partial charge is 0.397 e. The van der Waals surface area contributed by atoms with E-state index >= 15 is 0 Å². The Morgan fingerprint density at radius 2 is 2.23 bits per heavy atom. The number of anilines is 1. The van der Waals surface area contributed by atoms with Gasteiger partial charge in [-0.25, -0.2) is 10.4 Å². The average Bonchev–Trinajstić information content (AvgIpc) is 2.91. The Labute approximate surface area is 157 Å². The zero-order valence-corrected chi connectivity index (χ0v) is 16.4. The molecule has 5 rings (SSSR count). The summed E-state index contributed by atoms with van der Waals surface area (Å²) in [6.07, 6.45) is 6.39. The first kappa shape index (κ1) is 17.2. The predicted octanol–water partition coefficient (Wildman–Crippen LogP) is 4.20. The second kappa shape index (κ2) is 5.91. The van der Waals surface area contributed by atoms with Crippen molar-refractivity contribution < 1.29 is 4.79 Å². The molecule has 0 saturated heterocycles. The van der Waals surface area contributed by atoms with Crippen molar-refractivity contribution in [3.63, 3.8) is 0 Å². The lowest BCUT2D eigenvalue weighted by molar-refractivity contribution is -0.00126. The number of nitrogen functional groups attached to an aromatic ring is 1. The van der Waals surface area contributed by atoms with E-state index in [1.165, 1.54) is 23.3 Å². The van der Waals surface area contributed by atoms with Crippen molar-refractivity contribution >= 4 is 39.4 Å². The third-order valence-electron chi connectivity index (χ3n) is 6.12. The summed E-state index contributed by atoms with van der Waals surface area (Å²) in [6, 6.07) is 1.98. The number of carbonyl (C=O) groups is 1. The van der Waals surface area contributed by atoms with Crippen LogP contribution in [-0.2, 0) is 0 Å². The first-order chi connectivity index (χ1) is 12.3. The van der Waals surface area contributed by atoms with Crippen LogP contribution in [0.15, 0.2) is 22.8 Å². The molecule has 2 heterocycles. The van der Waals surface area contributed by atoms with Crippen molar-refractivity contribution in [3.05, 3.63) is 33.9 Å². The lowest BCUT2D eigenvalue weighted by Gasteiger charge is -2.55. The summed E-state index contributed by atoms with van der Waals surface area (Å²) in [5.41, 5.74) is 12.9. The molecule has 3 aliphatic carbocycles. The van der Waals surface area contributed by atoms with E-state index in [4.69, 9.17) is 5.73 Å². The number of aryl methyl sites for hydroxylation is 2. The lowest BCUT2D eigenvalue weighted by atomic mass is 9.49. The molecular weight excluding hydrogens is 344 g/mol. The molecule has 6 heteroatoms. The molecule has 2 bridgehead atoms. The molecule has 136 valence electrons. The Bertz CT molecular complexity index is 970. The molecule has 0 aliphatic heterocycles. The van der Waals surface area contributed by atoms with E-state index < -0.39 is 0 Å². The second-order valence-corrected chi connectivity index (χ2v) is 9.05. The summed E-state index contributed by atoms with van der Waals surface area (Å²) in [6.45, 7) is 8.57. The SMILES string of the molecule is Cc1cc(C)c2c(N)c(C(=O)NN=CC3=CC[C@H]4C[C@H]3C4(C)C)sc2n1. The number of hydrazone groups is 1. The monoisotopic (exact) mass is 368 g/mol. The number of nitrogens with two attached hydrogens (primary N) is 1. The minimum Gasteiger partial charge on any atom is -0.397 e. The fourth-order valence-corrected chi connectivity index (χ4v) is 5.51. The van der Waals surface area contributed by atoms with Crippen LogP contribution in [0.2, 0.25) is 0 Å². The average molecular weight is 369 g/mol. The molecule has 0 radical (unpaired) electrons. The molecule has 0 unspecified atom stereocenters. The van der Waals surface area contributed by atoms with Gasteiger partial charge in [0.05, 0.1) is 11.9 Å². The van der Waals surface area contributed by atoms with Gasteiger partial charge in [0.1, 0.15) is 9.71 Å². The van der Waals surface area contributed by atoms with Crippen LogP contribution >= 0.6 is 11.3 Å². The van der Waals surface area contributed by atoms with E-state index in [9.17, 15) is 4.79 Å². The van der Waals surface area contributed by atoms with Crippen LogP contribution in [0.4, 0.5) is 5.69 Å². The minimum absolute atomic E-state index is 0.277. The molecule has 2 aromatic heterocycles. The van der Waals surface area contributed by atoms with E-state index in [-0.39, 0.29) is 5.91 Å². The van der Waals surface area contributed by atoms with Crippen LogP contribution < -0.4 is 11.2 Å². The van der Waals surface area contributed by atoms with E-state index in [0.29, 0.717) is 21.9 Å². The van der Waals surface area contributed by atoms with Crippen molar-refractivity contribution in [2.24, 2.45) is 22.4 Å². The fraction of sp³-hybridized carbons (Fsp3) is 0.450. The van der Waals surface area contributed by atoms with Crippen LogP contribution in [0.3, 0.4) is 0 Å². The summed E-state index contributed by atoms with van der Waals surface area (Å²) in [7, 11) is 0. The zero-order chi connectivity index (χ0) is 18.6. The van der Waals surface area contributed by atoms with Gasteiger partial charge >= 0.3 is 0 Å². The van der Waals surface area contributed by atoms with Crippen LogP contribution in [0.25, 0.3) is 10.2 Å². The van der Waals surface area contributed by atoms with E-state index in [0.717, 1.165) is 33.8 Å². The molecule has 3 N–H and O–H groups in total. The van der Waals surface area contributed by atoms with Gasteiger partial charge in [-0.3, -0.25) is 4.79 Å². The summed E-state index contributed by atoms with van der Waals surface area (Å²) < 4.78 is 0. The maximum Gasteiger partial charge on any atom is 0.283 e. The van der Waals surface area contributed by atoms with Crippen molar-refractivity contribution in [2.45, 2.75) is 40.5 Å². The number of fused-ring (bicyclic) bond motifs is 2. The van der Waals surface area contributed by atoms with Gasteiger partial charge in [-0.05, 0) is 61.1 Å². The Hall–Kier alpha value is -2.21. The highest BCUT2D eigenvalue weighted by Gasteiger charge is 2.50. The normalized spacial score (nSPS) is 23.8. The molecule has 1 amide bonds.